The molecule has 5 nitrogen and oxygen atoms in total. The van der Waals surface area contributed by atoms with Crippen LogP contribution < -0.4 is 5.73 Å². The molecule has 0 unspecified atom stereocenters. The lowest BCUT2D eigenvalue weighted by atomic mass is 10.2. The maximum absolute atomic E-state index is 9.40. The molecule has 1 aromatic rings. The van der Waals surface area contributed by atoms with Crippen molar-refractivity contribution in [3.8, 4) is 0 Å². The molecule has 0 amide bonds. The van der Waals surface area contributed by atoms with Crippen molar-refractivity contribution in [3.63, 3.8) is 0 Å². The molecule has 0 aromatic carbocycles. The van der Waals surface area contributed by atoms with Gasteiger partial charge in [-0.05, 0) is 26.7 Å². The third kappa shape index (κ3) is 1.53. The normalized spacial score (nSPS) is 20.9. The third-order valence-corrected chi connectivity index (χ3v) is 2.62. The van der Waals surface area contributed by atoms with E-state index < -0.39 is 12.1 Å². The molecule has 2 atom stereocenters. The van der Waals surface area contributed by atoms with Crippen LogP contribution in [-0.2, 0) is 0 Å². The second kappa shape index (κ2) is 3.33. The topological polar surface area (TPSA) is 77.0 Å². The van der Waals surface area contributed by atoms with E-state index in [0.717, 1.165) is 5.82 Å². The summed E-state index contributed by atoms with van der Waals surface area (Å²) in [5, 5.41) is 17.4. The molecule has 2 rings (SSSR count). The summed E-state index contributed by atoms with van der Waals surface area (Å²) in [6, 6.07) is 0.0709. The smallest absolute Gasteiger partial charge is 0.152 e. The number of nitrogens with two attached hydrogens (primary N) is 1. The van der Waals surface area contributed by atoms with Crippen molar-refractivity contribution in [1.29, 1.82) is 0 Å². The zero-order chi connectivity index (χ0) is 10.3. The Morgan fingerprint density at radius 1 is 1.50 bits per heavy atom. The molecule has 1 aromatic heterocycles. The first kappa shape index (κ1) is 9.61. The quantitative estimate of drug-likeness (QED) is 0.729. The van der Waals surface area contributed by atoms with Crippen molar-refractivity contribution in [3.05, 3.63) is 11.6 Å². The highest BCUT2D eigenvalue weighted by Gasteiger charge is 2.31. The molecule has 0 bridgehead atoms. The van der Waals surface area contributed by atoms with Crippen LogP contribution in [0, 0.1) is 6.92 Å². The van der Waals surface area contributed by atoms with Crippen LogP contribution in [0.3, 0.4) is 0 Å². The predicted molar refractivity (Wildman–Crippen MR) is 51.6 cm³/mol. The van der Waals surface area contributed by atoms with Crippen LogP contribution in [0.5, 0.6) is 0 Å². The van der Waals surface area contributed by atoms with E-state index in [2.05, 4.69) is 14.8 Å². The van der Waals surface area contributed by atoms with Gasteiger partial charge in [0, 0.05) is 6.04 Å². The Bertz CT molecular complexity index is 330. The maximum Gasteiger partial charge on any atom is 0.152 e. The van der Waals surface area contributed by atoms with E-state index in [1.165, 1.54) is 12.8 Å². The number of hydrogen-bond donors (Lipinski definition) is 2. The molecule has 78 valence electrons. The van der Waals surface area contributed by atoms with Gasteiger partial charge in [-0.25, -0.2) is 0 Å². The minimum absolute atomic E-state index is 0.434. The Hall–Kier alpha value is -0.940. The van der Waals surface area contributed by atoms with Gasteiger partial charge in [0.1, 0.15) is 5.82 Å². The summed E-state index contributed by atoms with van der Waals surface area (Å²) in [4.78, 5) is 0. The molecule has 5 heteroatoms. The van der Waals surface area contributed by atoms with E-state index in [0.29, 0.717) is 11.9 Å². The highest BCUT2D eigenvalue weighted by atomic mass is 16.3. The van der Waals surface area contributed by atoms with Crippen LogP contribution >= 0.6 is 0 Å². The number of aliphatic hydroxyl groups excluding tert-OH is 1. The summed E-state index contributed by atoms with van der Waals surface area (Å²) in [7, 11) is 0. The Morgan fingerprint density at radius 2 is 2.14 bits per heavy atom. The van der Waals surface area contributed by atoms with Crippen molar-refractivity contribution in [2.75, 3.05) is 0 Å². The van der Waals surface area contributed by atoms with Gasteiger partial charge < -0.3 is 15.4 Å². The van der Waals surface area contributed by atoms with Gasteiger partial charge in [0.15, 0.2) is 5.82 Å². The average molecular weight is 196 g/mol. The van der Waals surface area contributed by atoms with Gasteiger partial charge in [-0.2, -0.15) is 0 Å². The number of rotatable bonds is 3. The van der Waals surface area contributed by atoms with Crippen molar-refractivity contribution >= 4 is 0 Å². The first-order chi connectivity index (χ1) is 6.61. The summed E-state index contributed by atoms with van der Waals surface area (Å²) in [5.74, 6) is 1.60. The maximum atomic E-state index is 9.40. The molecule has 0 saturated heterocycles. The summed E-state index contributed by atoms with van der Waals surface area (Å²) in [5.41, 5.74) is 5.84. The molecular formula is C9H16N4O. The number of hydrogen-bond acceptors (Lipinski definition) is 4. The summed E-state index contributed by atoms with van der Waals surface area (Å²) < 4.78 is 2.05. The van der Waals surface area contributed by atoms with E-state index in [4.69, 9.17) is 5.73 Å². The summed E-state index contributed by atoms with van der Waals surface area (Å²) in [6.45, 7) is 3.59. The fraction of sp³-hybridized carbons (Fsp3) is 0.778. The second-order valence-corrected chi connectivity index (χ2v) is 3.97. The van der Waals surface area contributed by atoms with Gasteiger partial charge in [0.25, 0.3) is 0 Å². The van der Waals surface area contributed by atoms with E-state index in [1.54, 1.807) is 6.92 Å². The van der Waals surface area contributed by atoms with Crippen molar-refractivity contribution < 1.29 is 5.11 Å². The highest BCUT2D eigenvalue weighted by molar-refractivity contribution is 5.06. The number of aromatic nitrogens is 3. The van der Waals surface area contributed by atoms with Crippen molar-refractivity contribution in [1.82, 2.24) is 14.8 Å². The zero-order valence-corrected chi connectivity index (χ0v) is 8.51. The molecular weight excluding hydrogens is 180 g/mol. The van der Waals surface area contributed by atoms with Crippen LogP contribution in [0.15, 0.2) is 0 Å². The molecule has 1 fully saturated rings. The van der Waals surface area contributed by atoms with Gasteiger partial charge in [-0.3, -0.25) is 0 Å². The third-order valence-electron chi connectivity index (χ3n) is 2.62. The van der Waals surface area contributed by atoms with Crippen LogP contribution in [0.4, 0.5) is 0 Å². The fourth-order valence-electron chi connectivity index (χ4n) is 1.61. The predicted octanol–water partition coefficient (Wildman–Crippen LogP) is 0.302. The van der Waals surface area contributed by atoms with Gasteiger partial charge in [-0.1, -0.05) is 0 Å². The molecule has 0 aliphatic heterocycles. The summed E-state index contributed by atoms with van der Waals surface area (Å²) >= 11 is 0. The van der Waals surface area contributed by atoms with Gasteiger partial charge >= 0.3 is 0 Å². The lowest BCUT2D eigenvalue weighted by Crippen LogP contribution is -2.26. The first-order valence-electron chi connectivity index (χ1n) is 4.96. The standard InChI is InChI=1S/C9H16N4O/c1-5(14)8(10)9-12-11-6(2)13(9)7-3-4-7/h5,7-8,14H,3-4,10H2,1-2H3/t5-,8+/m1/s1. The molecule has 1 heterocycles. The molecule has 14 heavy (non-hydrogen) atoms. The lowest BCUT2D eigenvalue weighted by molar-refractivity contribution is 0.158. The zero-order valence-electron chi connectivity index (χ0n) is 8.51. The van der Waals surface area contributed by atoms with Crippen LogP contribution in [0.25, 0.3) is 0 Å². The average Bonchev–Trinajstić information content (AvgIpc) is 2.89. The molecule has 1 saturated carbocycles. The number of aliphatic hydroxyl groups is 1. The lowest BCUT2D eigenvalue weighted by Gasteiger charge is -2.15. The molecule has 3 N–H and O–H groups in total. The van der Waals surface area contributed by atoms with Crippen LogP contribution in [0.1, 0.15) is 43.5 Å². The molecule has 1 aliphatic carbocycles. The van der Waals surface area contributed by atoms with Crippen molar-refractivity contribution in [2.24, 2.45) is 5.73 Å². The fourth-order valence-corrected chi connectivity index (χ4v) is 1.61. The molecule has 0 radical (unpaired) electrons. The SMILES string of the molecule is Cc1nnc([C@@H](N)[C@@H](C)O)n1C1CC1. The van der Waals surface area contributed by atoms with E-state index in [-0.39, 0.29) is 0 Å². The van der Waals surface area contributed by atoms with E-state index >= 15 is 0 Å². The monoisotopic (exact) mass is 196 g/mol. The van der Waals surface area contributed by atoms with Crippen LogP contribution in [0.2, 0.25) is 0 Å². The first-order valence-corrected chi connectivity index (χ1v) is 4.96. The van der Waals surface area contributed by atoms with E-state index in [9.17, 15) is 5.11 Å². The molecule has 1 aliphatic rings. The van der Waals surface area contributed by atoms with Gasteiger partial charge in [0.05, 0.1) is 12.1 Å². The second-order valence-electron chi connectivity index (χ2n) is 3.97. The van der Waals surface area contributed by atoms with E-state index in [1.807, 2.05) is 6.92 Å². The minimum atomic E-state index is -0.587. The van der Waals surface area contributed by atoms with Crippen molar-refractivity contribution in [2.45, 2.75) is 44.9 Å². The largest absolute Gasteiger partial charge is 0.391 e. The Morgan fingerprint density at radius 3 is 2.64 bits per heavy atom. The number of aryl methyl sites for hydroxylation is 1. The Labute approximate surface area is 82.9 Å². The van der Waals surface area contributed by atoms with Crippen LogP contribution in [-0.4, -0.2) is 26.0 Å². The minimum Gasteiger partial charge on any atom is -0.391 e. The Kier molecular flexibility index (Phi) is 2.28. The summed E-state index contributed by atoms with van der Waals surface area (Å²) in [6.07, 6.45) is 1.74. The Balaban J connectivity index is 2.32. The highest BCUT2D eigenvalue weighted by Crippen LogP contribution is 2.37. The molecule has 0 spiro atoms. The van der Waals surface area contributed by atoms with Gasteiger partial charge in [0.2, 0.25) is 0 Å². The van der Waals surface area contributed by atoms with Gasteiger partial charge in [-0.15, -0.1) is 10.2 Å². The number of nitrogens with zero attached hydrogens (tertiary/aromatic N) is 3.